The normalized spacial score (nSPS) is 11.6. The zero-order valence-corrected chi connectivity index (χ0v) is 16.2. The van der Waals surface area contributed by atoms with Crippen LogP contribution in [0, 0.1) is 0 Å². The van der Waals surface area contributed by atoms with Crippen molar-refractivity contribution in [3.05, 3.63) is 24.3 Å². The summed E-state index contributed by atoms with van der Waals surface area (Å²) in [4.78, 5) is 4.61. The van der Waals surface area contributed by atoms with Crippen LogP contribution in [0.2, 0.25) is 6.04 Å². The second kappa shape index (κ2) is 10.1. The summed E-state index contributed by atoms with van der Waals surface area (Å²) in [6.07, 6.45) is 1.19. The molecule has 0 aliphatic heterocycles. The fraction of sp³-hybridized carbons (Fsp3) is 0.462. The van der Waals surface area contributed by atoms with E-state index >= 15 is 0 Å². The van der Waals surface area contributed by atoms with Crippen molar-refractivity contribution in [3.8, 4) is 0 Å². The van der Waals surface area contributed by atoms with Crippen LogP contribution in [0.5, 0.6) is 0 Å². The molecule has 0 saturated heterocycles. The topological polar surface area (TPSA) is 31.4 Å². The van der Waals surface area contributed by atoms with E-state index in [9.17, 15) is 0 Å². The first-order valence-electron chi connectivity index (χ1n) is 6.44. The molecule has 0 amide bonds. The molecular weight excluding hydrogens is 359 g/mol. The molecule has 0 bridgehead atoms. The van der Waals surface area contributed by atoms with Crippen molar-refractivity contribution in [2.45, 2.75) is 22.7 Å². The van der Waals surface area contributed by atoms with Crippen LogP contribution in [0.15, 0.2) is 28.6 Å². The van der Waals surface area contributed by atoms with Crippen molar-refractivity contribution in [1.82, 2.24) is 4.98 Å². The Morgan fingerprint density at radius 1 is 1.29 bits per heavy atom. The molecule has 2 rings (SSSR count). The molecule has 0 aliphatic carbocycles. The standard InChI is InChI=1S/C13H17NO2S4Si/c1-15-13(16-2)21-9-5-8-17-20-19-12-14-10-6-3-4-7-11(10)18-12/h3-4,6-7,13H,5,8-9H2,1-2H3. The molecule has 1 heterocycles. The van der Waals surface area contributed by atoms with Gasteiger partial charge >= 0.3 is 0 Å². The summed E-state index contributed by atoms with van der Waals surface area (Å²) >= 11 is 1.76. The third-order valence-electron chi connectivity index (χ3n) is 2.57. The van der Waals surface area contributed by atoms with Gasteiger partial charge in [0.2, 0.25) is 0 Å². The average Bonchev–Trinajstić information content (AvgIpc) is 2.93. The Morgan fingerprint density at radius 3 is 2.86 bits per heavy atom. The smallest absolute Gasteiger partial charge is 0.162 e. The summed E-state index contributed by atoms with van der Waals surface area (Å²) in [7, 11) is 9.57. The van der Waals surface area contributed by atoms with E-state index in [1.807, 2.05) is 26.7 Å². The van der Waals surface area contributed by atoms with Gasteiger partial charge in [0.15, 0.2) is 4.34 Å². The number of rotatable bonds is 10. The van der Waals surface area contributed by atoms with Gasteiger partial charge in [0, 0.05) is 20.0 Å². The third-order valence-corrected chi connectivity index (χ3v) is 9.46. The summed E-state index contributed by atoms with van der Waals surface area (Å²) < 4.78 is 12.8. The highest BCUT2D eigenvalue weighted by atomic mass is 33.5. The van der Waals surface area contributed by atoms with Crippen LogP contribution in [0.1, 0.15) is 6.42 Å². The molecule has 1 aromatic carbocycles. The van der Waals surface area contributed by atoms with Gasteiger partial charge in [-0.1, -0.05) is 29.0 Å². The number of fused-ring (bicyclic) bond motifs is 1. The van der Waals surface area contributed by atoms with Crippen molar-refractivity contribution >= 4 is 62.5 Å². The monoisotopic (exact) mass is 375 g/mol. The fourth-order valence-electron chi connectivity index (χ4n) is 1.59. The van der Waals surface area contributed by atoms with Crippen LogP contribution in [0.25, 0.3) is 10.2 Å². The van der Waals surface area contributed by atoms with Gasteiger partial charge in [0.1, 0.15) is 15.4 Å². The Bertz CT molecular complexity index is 503. The summed E-state index contributed by atoms with van der Waals surface area (Å²) in [6, 6.07) is 9.44. The van der Waals surface area contributed by atoms with Crippen molar-refractivity contribution in [1.29, 1.82) is 0 Å². The second-order valence-corrected chi connectivity index (χ2v) is 10.9. The Labute approximate surface area is 143 Å². The Hall–Kier alpha value is 0.297. The number of nitrogens with zero attached hydrogens (tertiary/aromatic N) is 1. The fourth-order valence-corrected chi connectivity index (χ4v) is 8.08. The molecule has 0 unspecified atom stereocenters. The molecule has 3 nitrogen and oxygen atoms in total. The lowest BCUT2D eigenvalue weighted by Gasteiger charge is -2.11. The maximum Gasteiger partial charge on any atom is 0.162 e. The lowest BCUT2D eigenvalue weighted by Crippen LogP contribution is -2.20. The molecule has 0 atom stereocenters. The van der Waals surface area contributed by atoms with Crippen LogP contribution in [-0.4, -0.2) is 40.4 Å². The van der Waals surface area contributed by atoms with Crippen molar-refractivity contribution in [3.63, 3.8) is 0 Å². The van der Waals surface area contributed by atoms with E-state index in [1.165, 1.54) is 11.1 Å². The summed E-state index contributed by atoms with van der Waals surface area (Å²) in [5, 5.41) is 0. The molecule has 2 radical (unpaired) electrons. The lowest BCUT2D eigenvalue weighted by atomic mass is 10.3. The number of hydrogen-bond acceptors (Lipinski definition) is 7. The molecular formula is C13H17NO2S4Si. The van der Waals surface area contributed by atoms with E-state index in [0.717, 1.165) is 31.2 Å². The molecule has 21 heavy (non-hydrogen) atoms. The SMILES string of the molecule is COC(OC)[Si]CCCSSSc1nc2ccccc2s1. The van der Waals surface area contributed by atoms with Crippen molar-refractivity contribution in [2.24, 2.45) is 0 Å². The van der Waals surface area contributed by atoms with Crippen LogP contribution >= 0.6 is 42.8 Å². The van der Waals surface area contributed by atoms with Gasteiger partial charge < -0.3 is 9.47 Å². The molecule has 1 aromatic heterocycles. The number of hydrogen-bond donors (Lipinski definition) is 0. The van der Waals surface area contributed by atoms with E-state index < -0.39 is 0 Å². The molecule has 0 spiro atoms. The minimum Gasteiger partial charge on any atom is -0.360 e. The molecule has 0 aliphatic rings. The quantitative estimate of drug-likeness (QED) is 0.257. The summed E-state index contributed by atoms with van der Waals surface area (Å²) in [6.45, 7) is 0. The largest absolute Gasteiger partial charge is 0.360 e. The number of aromatic nitrogens is 1. The Balaban J connectivity index is 1.57. The van der Waals surface area contributed by atoms with Crippen molar-refractivity contribution < 1.29 is 9.47 Å². The molecule has 2 aromatic rings. The minimum absolute atomic E-state index is 0.0280. The number of thiazole rings is 1. The maximum atomic E-state index is 5.18. The van der Waals surface area contributed by atoms with E-state index in [2.05, 4.69) is 23.2 Å². The predicted molar refractivity (Wildman–Crippen MR) is 98.5 cm³/mol. The summed E-state index contributed by atoms with van der Waals surface area (Å²) in [5.74, 6) is 1.12. The van der Waals surface area contributed by atoms with Gasteiger partial charge in [0.05, 0.1) is 10.2 Å². The first-order chi connectivity index (χ1) is 10.3. The van der Waals surface area contributed by atoms with Gasteiger partial charge in [0.25, 0.3) is 0 Å². The van der Waals surface area contributed by atoms with Crippen LogP contribution < -0.4 is 0 Å². The lowest BCUT2D eigenvalue weighted by molar-refractivity contribution is -0.0441. The van der Waals surface area contributed by atoms with Gasteiger partial charge in [-0.3, -0.25) is 0 Å². The predicted octanol–water partition coefficient (Wildman–Crippen LogP) is 4.77. The highest BCUT2D eigenvalue weighted by Gasteiger charge is 2.06. The second-order valence-electron chi connectivity index (χ2n) is 4.03. The summed E-state index contributed by atoms with van der Waals surface area (Å²) in [5.41, 5.74) is 1.10. The molecule has 8 heteroatoms. The maximum absolute atomic E-state index is 5.18. The van der Waals surface area contributed by atoms with Crippen LogP contribution in [0.4, 0.5) is 0 Å². The average molecular weight is 376 g/mol. The first kappa shape index (κ1) is 17.6. The number of benzene rings is 1. The van der Waals surface area contributed by atoms with Gasteiger partial charge in [-0.05, 0) is 39.2 Å². The van der Waals surface area contributed by atoms with Gasteiger partial charge in [-0.15, -0.1) is 11.3 Å². The Kier molecular flexibility index (Phi) is 8.52. The molecule has 0 saturated carbocycles. The van der Waals surface area contributed by atoms with Crippen molar-refractivity contribution in [2.75, 3.05) is 20.0 Å². The van der Waals surface area contributed by atoms with E-state index in [1.54, 1.807) is 36.4 Å². The minimum atomic E-state index is -0.0280. The van der Waals surface area contributed by atoms with Crippen LogP contribution in [-0.2, 0) is 9.47 Å². The van der Waals surface area contributed by atoms with Gasteiger partial charge in [-0.2, -0.15) is 0 Å². The zero-order chi connectivity index (χ0) is 14.9. The van der Waals surface area contributed by atoms with E-state index in [4.69, 9.17) is 9.47 Å². The van der Waals surface area contributed by atoms with Gasteiger partial charge in [-0.25, -0.2) is 4.98 Å². The number of ether oxygens (including phenoxy) is 2. The number of methoxy groups -OCH3 is 2. The first-order valence-corrected chi connectivity index (χ1v) is 12.2. The Morgan fingerprint density at radius 2 is 2.10 bits per heavy atom. The van der Waals surface area contributed by atoms with E-state index in [-0.39, 0.29) is 5.91 Å². The van der Waals surface area contributed by atoms with Crippen LogP contribution in [0.3, 0.4) is 0 Å². The van der Waals surface area contributed by atoms with E-state index in [0.29, 0.717) is 0 Å². The zero-order valence-electron chi connectivity index (χ0n) is 11.9. The highest BCUT2D eigenvalue weighted by Crippen LogP contribution is 2.43. The molecule has 0 N–H and O–H groups in total. The molecule has 0 fully saturated rings. The number of para-hydroxylation sites is 1. The third kappa shape index (κ3) is 6.13. The molecule has 114 valence electrons. The highest BCUT2D eigenvalue weighted by molar-refractivity contribution is 9.09.